The standard InChI is InChI=1S/C14H18BrClO3/c1-4-5-6-12(14(17)18-3)19-13-9(2)7-10(15)8-11(13)16/h7-8,12H,4-6H2,1-3H3. The first kappa shape index (κ1) is 16.3. The maximum absolute atomic E-state index is 11.7. The number of carbonyl (C=O) groups is 1. The van der Waals surface area contributed by atoms with Gasteiger partial charge in [0.2, 0.25) is 0 Å². The zero-order valence-electron chi connectivity index (χ0n) is 11.3. The second-order valence-electron chi connectivity index (χ2n) is 4.31. The quantitative estimate of drug-likeness (QED) is 0.708. The van der Waals surface area contributed by atoms with E-state index in [-0.39, 0.29) is 5.97 Å². The number of esters is 1. The fourth-order valence-corrected chi connectivity index (χ4v) is 2.74. The molecule has 0 saturated carbocycles. The van der Waals surface area contributed by atoms with Gasteiger partial charge in [-0.25, -0.2) is 4.79 Å². The molecule has 1 aromatic rings. The number of rotatable bonds is 6. The van der Waals surface area contributed by atoms with Gasteiger partial charge in [0.25, 0.3) is 0 Å². The number of ether oxygens (including phenoxy) is 2. The van der Waals surface area contributed by atoms with Gasteiger partial charge in [0.05, 0.1) is 12.1 Å². The SMILES string of the molecule is CCCCC(Oc1c(C)cc(Br)cc1Cl)C(=O)OC. The van der Waals surface area contributed by atoms with Gasteiger partial charge in [-0.05, 0) is 37.5 Å². The largest absolute Gasteiger partial charge is 0.477 e. The number of hydrogen-bond donors (Lipinski definition) is 0. The molecule has 0 spiro atoms. The molecule has 0 fully saturated rings. The average Bonchev–Trinajstić information content (AvgIpc) is 2.36. The fourth-order valence-electron chi connectivity index (χ4n) is 1.73. The summed E-state index contributed by atoms with van der Waals surface area (Å²) in [7, 11) is 1.36. The molecule has 0 aliphatic rings. The third-order valence-electron chi connectivity index (χ3n) is 2.74. The van der Waals surface area contributed by atoms with Crippen LogP contribution in [0.5, 0.6) is 5.75 Å². The van der Waals surface area contributed by atoms with Crippen LogP contribution in [0.2, 0.25) is 5.02 Å². The van der Waals surface area contributed by atoms with Crippen LogP contribution in [-0.2, 0) is 9.53 Å². The van der Waals surface area contributed by atoms with Crippen molar-refractivity contribution < 1.29 is 14.3 Å². The van der Waals surface area contributed by atoms with E-state index in [9.17, 15) is 4.79 Å². The molecule has 1 unspecified atom stereocenters. The molecule has 0 saturated heterocycles. The minimum absolute atomic E-state index is 0.369. The molecule has 0 amide bonds. The van der Waals surface area contributed by atoms with E-state index in [1.807, 2.05) is 13.0 Å². The van der Waals surface area contributed by atoms with Crippen molar-refractivity contribution in [1.29, 1.82) is 0 Å². The lowest BCUT2D eigenvalue weighted by Crippen LogP contribution is -2.29. The summed E-state index contributed by atoms with van der Waals surface area (Å²) < 4.78 is 11.4. The van der Waals surface area contributed by atoms with E-state index in [1.54, 1.807) is 6.07 Å². The molecule has 0 N–H and O–H groups in total. The number of unbranched alkanes of at least 4 members (excludes halogenated alkanes) is 1. The van der Waals surface area contributed by atoms with Crippen molar-refractivity contribution in [3.05, 3.63) is 27.2 Å². The second kappa shape index (κ2) is 7.75. The average molecular weight is 350 g/mol. The highest BCUT2D eigenvalue weighted by Crippen LogP contribution is 2.33. The van der Waals surface area contributed by atoms with E-state index in [2.05, 4.69) is 22.9 Å². The minimum Gasteiger partial charge on any atom is -0.477 e. The van der Waals surface area contributed by atoms with Gasteiger partial charge >= 0.3 is 5.97 Å². The number of halogens is 2. The topological polar surface area (TPSA) is 35.5 Å². The molecular formula is C14H18BrClO3. The van der Waals surface area contributed by atoms with E-state index >= 15 is 0 Å². The van der Waals surface area contributed by atoms with Gasteiger partial charge in [0.15, 0.2) is 6.10 Å². The Labute approximate surface area is 127 Å². The molecule has 0 aliphatic carbocycles. The van der Waals surface area contributed by atoms with Crippen LogP contribution < -0.4 is 4.74 Å². The van der Waals surface area contributed by atoms with Gasteiger partial charge in [0.1, 0.15) is 5.75 Å². The zero-order valence-corrected chi connectivity index (χ0v) is 13.7. The highest BCUT2D eigenvalue weighted by Gasteiger charge is 2.22. The Kier molecular flexibility index (Phi) is 6.66. The zero-order chi connectivity index (χ0) is 14.4. The van der Waals surface area contributed by atoms with Gasteiger partial charge in [-0.2, -0.15) is 0 Å². The smallest absolute Gasteiger partial charge is 0.347 e. The summed E-state index contributed by atoms with van der Waals surface area (Å²) in [5.74, 6) is 0.170. The molecule has 3 nitrogen and oxygen atoms in total. The summed E-state index contributed by atoms with van der Waals surface area (Å²) in [6.45, 7) is 3.95. The van der Waals surface area contributed by atoms with Crippen LogP contribution in [0.3, 0.4) is 0 Å². The lowest BCUT2D eigenvalue weighted by atomic mass is 10.1. The Bertz CT molecular complexity index is 425. The third-order valence-corrected chi connectivity index (χ3v) is 3.48. The maximum atomic E-state index is 11.7. The Hall–Kier alpha value is -0.740. The van der Waals surface area contributed by atoms with Crippen LogP contribution >= 0.6 is 27.5 Å². The lowest BCUT2D eigenvalue weighted by molar-refractivity contribution is -0.149. The van der Waals surface area contributed by atoms with Crippen molar-refractivity contribution in [3.8, 4) is 5.75 Å². The molecule has 1 rings (SSSR count). The molecule has 0 radical (unpaired) electrons. The van der Waals surface area contributed by atoms with Crippen LogP contribution in [0.15, 0.2) is 16.6 Å². The van der Waals surface area contributed by atoms with Crippen molar-refractivity contribution in [1.82, 2.24) is 0 Å². The van der Waals surface area contributed by atoms with Crippen molar-refractivity contribution in [2.45, 2.75) is 39.2 Å². The van der Waals surface area contributed by atoms with E-state index in [4.69, 9.17) is 21.1 Å². The minimum atomic E-state index is -0.609. The first-order chi connectivity index (χ1) is 8.99. The van der Waals surface area contributed by atoms with Crippen LogP contribution in [0.25, 0.3) is 0 Å². The predicted molar refractivity (Wildman–Crippen MR) is 79.8 cm³/mol. The monoisotopic (exact) mass is 348 g/mol. The first-order valence-electron chi connectivity index (χ1n) is 6.19. The van der Waals surface area contributed by atoms with Gasteiger partial charge in [0, 0.05) is 4.47 Å². The third kappa shape index (κ3) is 4.69. The van der Waals surface area contributed by atoms with Gasteiger partial charge in [-0.15, -0.1) is 0 Å². The number of carbonyl (C=O) groups excluding carboxylic acids is 1. The number of aryl methyl sites for hydroxylation is 1. The maximum Gasteiger partial charge on any atom is 0.347 e. The highest BCUT2D eigenvalue weighted by molar-refractivity contribution is 9.10. The normalized spacial score (nSPS) is 12.1. The highest BCUT2D eigenvalue weighted by atomic mass is 79.9. The van der Waals surface area contributed by atoms with E-state index < -0.39 is 6.10 Å². The Morgan fingerprint density at radius 3 is 2.68 bits per heavy atom. The molecular weight excluding hydrogens is 332 g/mol. The van der Waals surface area contributed by atoms with Crippen molar-refractivity contribution >= 4 is 33.5 Å². The summed E-state index contributed by atoms with van der Waals surface area (Å²) in [6.07, 6.45) is 1.90. The Morgan fingerprint density at radius 2 is 2.16 bits per heavy atom. The van der Waals surface area contributed by atoms with Crippen LogP contribution in [0.1, 0.15) is 31.7 Å². The van der Waals surface area contributed by atoms with Crippen molar-refractivity contribution in [2.75, 3.05) is 7.11 Å². The Morgan fingerprint density at radius 1 is 1.47 bits per heavy atom. The van der Waals surface area contributed by atoms with Gasteiger partial charge < -0.3 is 9.47 Å². The van der Waals surface area contributed by atoms with Crippen LogP contribution in [0, 0.1) is 6.92 Å². The molecule has 5 heteroatoms. The molecule has 0 aliphatic heterocycles. The molecule has 0 aromatic heterocycles. The Balaban J connectivity index is 2.92. The summed E-state index contributed by atoms with van der Waals surface area (Å²) in [5, 5.41) is 0.484. The van der Waals surface area contributed by atoms with E-state index in [1.165, 1.54) is 7.11 Å². The van der Waals surface area contributed by atoms with Gasteiger partial charge in [-0.3, -0.25) is 0 Å². The molecule has 0 bridgehead atoms. The fraction of sp³-hybridized carbons (Fsp3) is 0.500. The van der Waals surface area contributed by atoms with Crippen molar-refractivity contribution in [3.63, 3.8) is 0 Å². The summed E-state index contributed by atoms with van der Waals surface area (Å²) in [5.41, 5.74) is 0.879. The molecule has 19 heavy (non-hydrogen) atoms. The number of hydrogen-bond acceptors (Lipinski definition) is 3. The van der Waals surface area contributed by atoms with Crippen LogP contribution in [0.4, 0.5) is 0 Å². The van der Waals surface area contributed by atoms with Gasteiger partial charge in [-0.1, -0.05) is 40.9 Å². The molecule has 1 aromatic carbocycles. The first-order valence-corrected chi connectivity index (χ1v) is 7.36. The number of methoxy groups -OCH3 is 1. The predicted octanol–water partition coefficient (Wildman–Crippen LogP) is 4.52. The van der Waals surface area contributed by atoms with Crippen LogP contribution in [-0.4, -0.2) is 19.2 Å². The molecule has 106 valence electrons. The molecule has 1 atom stereocenters. The summed E-state index contributed by atoms with van der Waals surface area (Å²) in [6, 6.07) is 3.65. The second-order valence-corrected chi connectivity index (χ2v) is 5.63. The summed E-state index contributed by atoms with van der Waals surface area (Å²) in [4.78, 5) is 11.7. The van der Waals surface area contributed by atoms with Crippen molar-refractivity contribution in [2.24, 2.45) is 0 Å². The number of benzene rings is 1. The lowest BCUT2D eigenvalue weighted by Gasteiger charge is -2.19. The summed E-state index contributed by atoms with van der Waals surface area (Å²) >= 11 is 9.52. The van der Waals surface area contributed by atoms with E-state index in [0.717, 1.165) is 22.9 Å². The molecule has 0 heterocycles. The van der Waals surface area contributed by atoms with E-state index in [0.29, 0.717) is 17.2 Å².